The molecule has 1 saturated heterocycles. The maximum atomic E-state index is 4.39. The third-order valence-electron chi connectivity index (χ3n) is 3.23. The van der Waals surface area contributed by atoms with E-state index in [0.29, 0.717) is 0 Å². The Bertz CT molecular complexity index is 436. The first kappa shape index (κ1) is 13.6. The van der Waals surface area contributed by atoms with Crippen LogP contribution in [0.2, 0.25) is 0 Å². The van der Waals surface area contributed by atoms with Crippen LogP contribution < -0.4 is 9.80 Å². The summed E-state index contributed by atoms with van der Waals surface area (Å²) in [7, 11) is 0. The van der Waals surface area contributed by atoms with Crippen LogP contribution in [0.15, 0.2) is 48.8 Å². The van der Waals surface area contributed by atoms with Gasteiger partial charge < -0.3 is 9.80 Å². The summed E-state index contributed by atoms with van der Waals surface area (Å²) in [6.45, 7) is 3.97. The highest BCUT2D eigenvalue weighted by molar-refractivity contribution is 5.85. The molecule has 100 valence electrons. The van der Waals surface area contributed by atoms with Crippen molar-refractivity contribution in [3.8, 4) is 0 Å². The van der Waals surface area contributed by atoms with Crippen LogP contribution in [0.5, 0.6) is 0 Å². The maximum Gasteiger partial charge on any atom is 0.128 e. The van der Waals surface area contributed by atoms with Crippen LogP contribution in [-0.2, 0) is 0 Å². The fraction of sp³-hybridized carbons (Fsp3) is 0.286. The lowest BCUT2D eigenvalue weighted by Crippen LogP contribution is -2.47. The molecule has 0 bridgehead atoms. The number of hydrogen-bond acceptors (Lipinski definition) is 4. The van der Waals surface area contributed by atoms with Crippen molar-refractivity contribution in [2.24, 2.45) is 0 Å². The lowest BCUT2D eigenvalue weighted by Gasteiger charge is -2.36. The maximum absolute atomic E-state index is 4.39. The van der Waals surface area contributed by atoms with Crippen LogP contribution in [0.4, 0.5) is 11.6 Å². The molecule has 0 radical (unpaired) electrons. The molecule has 0 aliphatic carbocycles. The molecule has 0 amide bonds. The molecular weight excluding hydrogens is 260 g/mol. The molecule has 0 atom stereocenters. The molecule has 0 N–H and O–H groups in total. The number of pyridine rings is 2. The normalized spacial score (nSPS) is 14.9. The van der Waals surface area contributed by atoms with Crippen LogP contribution in [0, 0.1) is 0 Å². The van der Waals surface area contributed by atoms with Gasteiger partial charge in [0.1, 0.15) is 11.6 Å². The highest BCUT2D eigenvalue weighted by Crippen LogP contribution is 2.16. The van der Waals surface area contributed by atoms with Gasteiger partial charge >= 0.3 is 0 Å². The smallest absolute Gasteiger partial charge is 0.128 e. The zero-order chi connectivity index (χ0) is 12.2. The second-order valence-electron chi connectivity index (χ2n) is 4.35. The van der Waals surface area contributed by atoms with E-state index in [-0.39, 0.29) is 12.4 Å². The van der Waals surface area contributed by atoms with E-state index in [2.05, 4.69) is 31.9 Å². The van der Waals surface area contributed by atoms with Gasteiger partial charge in [0.15, 0.2) is 0 Å². The van der Waals surface area contributed by atoms with Crippen molar-refractivity contribution < 1.29 is 0 Å². The molecule has 0 unspecified atom stereocenters. The van der Waals surface area contributed by atoms with Gasteiger partial charge in [0.05, 0.1) is 0 Å². The van der Waals surface area contributed by atoms with E-state index in [1.54, 1.807) is 0 Å². The molecule has 1 fully saturated rings. The SMILES string of the molecule is Cl.c1ccc(N2CCN(c3ccccn3)CC2)nc1. The number of halogens is 1. The standard InChI is InChI=1S/C14H16N4.ClH/c1-3-7-15-13(5-1)17-9-11-18(12-10-17)14-6-2-4-8-16-14;/h1-8H,9-12H2;1H. The van der Waals surface area contributed by atoms with Gasteiger partial charge in [-0.25, -0.2) is 9.97 Å². The molecule has 1 aliphatic rings. The van der Waals surface area contributed by atoms with Crippen molar-refractivity contribution >= 4 is 24.0 Å². The molecule has 3 rings (SSSR count). The molecule has 1 aliphatic heterocycles. The first-order chi connectivity index (χ1) is 8.93. The third-order valence-corrected chi connectivity index (χ3v) is 3.23. The van der Waals surface area contributed by atoms with Crippen molar-refractivity contribution in [1.82, 2.24) is 9.97 Å². The van der Waals surface area contributed by atoms with E-state index in [1.165, 1.54) is 0 Å². The minimum absolute atomic E-state index is 0. The van der Waals surface area contributed by atoms with Gasteiger partial charge in [-0.2, -0.15) is 0 Å². The summed E-state index contributed by atoms with van der Waals surface area (Å²) < 4.78 is 0. The largest absolute Gasteiger partial charge is 0.353 e. The molecule has 0 aromatic carbocycles. The molecule has 5 heteroatoms. The Hall–Kier alpha value is -1.81. The summed E-state index contributed by atoms with van der Waals surface area (Å²) in [6.07, 6.45) is 3.70. The molecular formula is C14H17ClN4. The Morgan fingerprint density at radius 1 is 0.684 bits per heavy atom. The van der Waals surface area contributed by atoms with Gasteiger partial charge in [0, 0.05) is 38.6 Å². The van der Waals surface area contributed by atoms with E-state index in [1.807, 2.05) is 36.7 Å². The topological polar surface area (TPSA) is 32.3 Å². The fourth-order valence-corrected chi connectivity index (χ4v) is 2.25. The predicted octanol–water partition coefficient (Wildman–Crippen LogP) is 2.22. The second kappa shape index (κ2) is 6.38. The van der Waals surface area contributed by atoms with Gasteiger partial charge in [0.25, 0.3) is 0 Å². The monoisotopic (exact) mass is 276 g/mol. The molecule has 0 spiro atoms. The van der Waals surface area contributed by atoms with E-state index in [4.69, 9.17) is 0 Å². The first-order valence-corrected chi connectivity index (χ1v) is 6.25. The summed E-state index contributed by atoms with van der Waals surface area (Å²) in [6, 6.07) is 12.1. The van der Waals surface area contributed by atoms with E-state index in [0.717, 1.165) is 37.8 Å². The molecule has 3 heterocycles. The first-order valence-electron chi connectivity index (χ1n) is 6.25. The number of nitrogens with zero attached hydrogens (tertiary/aromatic N) is 4. The summed E-state index contributed by atoms with van der Waals surface area (Å²) >= 11 is 0. The van der Waals surface area contributed by atoms with Crippen molar-refractivity contribution in [3.63, 3.8) is 0 Å². The Balaban J connectivity index is 0.00000133. The Morgan fingerprint density at radius 3 is 1.42 bits per heavy atom. The van der Waals surface area contributed by atoms with Crippen molar-refractivity contribution in [3.05, 3.63) is 48.8 Å². The minimum Gasteiger partial charge on any atom is -0.353 e. The highest BCUT2D eigenvalue weighted by atomic mass is 35.5. The lowest BCUT2D eigenvalue weighted by molar-refractivity contribution is 0.642. The molecule has 2 aromatic heterocycles. The minimum atomic E-state index is 0. The lowest BCUT2D eigenvalue weighted by atomic mass is 10.3. The third kappa shape index (κ3) is 3.15. The van der Waals surface area contributed by atoms with Gasteiger partial charge in [0.2, 0.25) is 0 Å². The number of aromatic nitrogens is 2. The zero-order valence-electron chi connectivity index (χ0n) is 10.6. The predicted molar refractivity (Wildman–Crippen MR) is 80.1 cm³/mol. The second-order valence-corrected chi connectivity index (χ2v) is 4.35. The summed E-state index contributed by atoms with van der Waals surface area (Å²) in [5, 5.41) is 0. The molecule has 0 saturated carbocycles. The highest BCUT2D eigenvalue weighted by Gasteiger charge is 2.18. The van der Waals surface area contributed by atoms with Gasteiger partial charge in [-0.3, -0.25) is 0 Å². The summed E-state index contributed by atoms with van der Waals surface area (Å²) in [5.74, 6) is 2.14. The number of piperazine rings is 1. The van der Waals surface area contributed by atoms with E-state index in [9.17, 15) is 0 Å². The van der Waals surface area contributed by atoms with Crippen LogP contribution in [-0.4, -0.2) is 36.1 Å². The van der Waals surface area contributed by atoms with Crippen molar-refractivity contribution in [1.29, 1.82) is 0 Å². The fourth-order valence-electron chi connectivity index (χ4n) is 2.25. The average molecular weight is 277 g/mol. The number of hydrogen-bond donors (Lipinski definition) is 0. The Morgan fingerprint density at radius 2 is 1.11 bits per heavy atom. The molecule has 19 heavy (non-hydrogen) atoms. The Labute approximate surface area is 119 Å². The van der Waals surface area contributed by atoms with E-state index < -0.39 is 0 Å². The van der Waals surface area contributed by atoms with Gasteiger partial charge in [-0.1, -0.05) is 12.1 Å². The van der Waals surface area contributed by atoms with E-state index >= 15 is 0 Å². The van der Waals surface area contributed by atoms with Gasteiger partial charge in [-0.15, -0.1) is 12.4 Å². The van der Waals surface area contributed by atoms with Gasteiger partial charge in [-0.05, 0) is 24.3 Å². The van der Waals surface area contributed by atoms with Crippen molar-refractivity contribution in [2.45, 2.75) is 0 Å². The van der Waals surface area contributed by atoms with Crippen LogP contribution in [0.25, 0.3) is 0 Å². The summed E-state index contributed by atoms with van der Waals surface area (Å²) in [4.78, 5) is 13.4. The molecule has 4 nitrogen and oxygen atoms in total. The summed E-state index contributed by atoms with van der Waals surface area (Å²) in [5.41, 5.74) is 0. The van der Waals surface area contributed by atoms with Crippen molar-refractivity contribution in [2.75, 3.05) is 36.0 Å². The zero-order valence-corrected chi connectivity index (χ0v) is 11.5. The Kier molecular flexibility index (Phi) is 4.58. The number of anilines is 2. The quantitative estimate of drug-likeness (QED) is 0.842. The average Bonchev–Trinajstić information content (AvgIpc) is 2.49. The van der Waals surface area contributed by atoms with Crippen LogP contribution in [0.1, 0.15) is 0 Å². The van der Waals surface area contributed by atoms with Crippen LogP contribution >= 0.6 is 12.4 Å². The molecule has 2 aromatic rings. The number of rotatable bonds is 2. The van der Waals surface area contributed by atoms with Crippen LogP contribution in [0.3, 0.4) is 0 Å².